The van der Waals surface area contributed by atoms with Crippen LogP contribution in [0.5, 0.6) is 0 Å². The van der Waals surface area contributed by atoms with Crippen molar-refractivity contribution in [2.75, 3.05) is 0 Å². The summed E-state index contributed by atoms with van der Waals surface area (Å²) in [6.07, 6.45) is 6.39. The second kappa shape index (κ2) is 4.85. The number of carbonyl (C=O) groups excluding carboxylic acids is 1. The molecule has 0 aliphatic carbocycles. The molecule has 0 unspecified atom stereocenters. The molecule has 0 spiro atoms. The number of hydrogen-bond donors (Lipinski definition) is 0. The Morgan fingerprint density at radius 3 is 2.46 bits per heavy atom. The minimum absolute atomic E-state index is 0.200. The lowest BCUT2D eigenvalue weighted by molar-refractivity contribution is 0.0898. The molecule has 1 aromatic heterocycles. The number of aromatic nitrogens is 1. The van der Waals surface area contributed by atoms with Crippen molar-refractivity contribution in [1.29, 1.82) is 0 Å². The van der Waals surface area contributed by atoms with Crippen molar-refractivity contribution in [2.45, 2.75) is 33.1 Å². The second-order valence-electron chi connectivity index (χ2n) is 3.77. The number of hydrogen-bond acceptors (Lipinski definition) is 1. The number of nitrogens with zero attached hydrogens (tertiary/aromatic N) is 1. The maximum atomic E-state index is 11.5. The van der Waals surface area contributed by atoms with Crippen molar-refractivity contribution in [2.24, 2.45) is 5.92 Å². The number of carbonyl (C=O) groups is 1. The van der Waals surface area contributed by atoms with Gasteiger partial charge in [0.1, 0.15) is 0 Å². The third kappa shape index (κ3) is 3.45. The first-order valence-corrected chi connectivity index (χ1v) is 4.86. The van der Waals surface area contributed by atoms with Crippen LogP contribution in [-0.4, -0.2) is 10.5 Å². The lowest BCUT2D eigenvalue weighted by Gasteiger charge is -2.04. The summed E-state index contributed by atoms with van der Waals surface area (Å²) in [5.74, 6) is 0.892. The topological polar surface area (TPSA) is 22.0 Å². The molecule has 0 amide bonds. The van der Waals surface area contributed by atoms with E-state index in [-0.39, 0.29) is 5.91 Å². The van der Waals surface area contributed by atoms with Crippen molar-refractivity contribution >= 4 is 5.91 Å². The van der Waals surface area contributed by atoms with Crippen LogP contribution in [0.2, 0.25) is 0 Å². The van der Waals surface area contributed by atoms with Crippen molar-refractivity contribution in [3.05, 3.63) is 24.5 Å². The van der Waals surface area contributed by atoms with Crippen molar-refractivity contribution in [3.8, 4) is 0 Å². The molecule has 0 radical (unpaired) electrons. The van der Waals surface area contributed by atoms with Crippen LogP contribution in [0, 0.1) is 5.92 Å². The summed E-state index contributed by atoms with van der Waals surface area (Å²) < 4.78 is 1.65. The Balaban J connectivity index is 2.27. The third-order valence-corrected chi connectivity index (χ3v) is 2.06. The zero-order valence-electron chi connectivity index (χ0n) is 8.36. The van der Waals surface area contributed by atoms with Crippen LogP contribution in [0.1, 0.15) is 37.9 Å². The molecule has 1 heterocycles. The van der Waals surface area contributed by atoms with Gasteiger partial charge in [-0.25, -0.2) is 0 Å². The van der Waals surface area contributed by atoms with Crippen molar-refractivity contribution < 1.29 is 4.79 Å². The first-order chi connectivity index (χ1) is 6.20. The Bertz CT molecular complexity index is 249. The highest BCUT2D eigenvalue weighted by molar-refractivity contribution is 5.78. The van der Waals surface area contributed by atoms with Gasteiger partial charge in [0.25, 0.3) is 0 Å². The van der Waals surface area contributed by atoms with Crippen molar-refractivity contribution in [1.82, 2.24) is 4.57 Å². The summed E-state index contributed by atoms with van der Waals surface area (Å²) in [7, 11) is 0. The lowest BCUT2D eigenvalue weighted by Crippen LogP contribution is -2.07. The van der Waals surface area contributed by atoms with Gasteiger partial charge in [0, 0.05) is 18.8 Å². The van der Waals surface area contributed by atoms with E-state index in [1.54, 1.807) is 17.0 Å². The summed E-state index contributed by atoms with van der Waals surface area (Å²) >= 11 is 0. The lowest BCUT2D eigenvalue weighted by atomic mass is 10.1. The summed E-state index contributed by atoms with van der Waals surface area (Å²) in [5, 5.41) is 0. The second-order valence-corrected chi connectivity index (χ2v) is 3.77. The normalized spacial score (nSPS) is 10.7. The molecule has 0 saturated heterocycles. The largest absolute Gasteiger partial charge is 0.295 e. The smallest absolute Gasteiger partial charge is 0.230 e. The highest BCUT2D eigenvalue weighted by Crippen LogP contribution is 2.07. The van der Waals surface area contributed by atoms with E-state index in [1.807, 2.05) is 12.1 Å². The van der Waals surface area contributed by atoms with Crippen LogP contribution < -0.4 is 0 Å². The maximum absolute atomic E-state index is 11.5. The molecule has 72 valence electrons. The summed E-state index contributed by atoms with van der Waals surface area (Å²) in [4.78, 5) is 11.5. The standard InChI is InChI=1S/C11H17NO/c1-10(2)6-5-7-11(13)12-8-3-4-9-12/h3-4,8-10H,5-7H2,1-2H3. The predicted molar refractivity (Wildman–Crippen MR) is 53.7 cm³/mol. The first kappa shape index (κ1) is 10.0. The van der Waals surface area contributed by atoms with E-state index in [0.717, 1.165) is 12.8 Å². The Hall–Kier alpha value is -1.05. The molecule has 1 rings (SSSR count). The molecule has 0 atom stereocenters. The number of rotatable bonds is 4. The van der Waals surface area contributed by atoms with Crippen LogP contribution in [-0.2, 0) is 0 Å². The molecule has 1 aromatic rings. The van der Waals surface area contributed by atoms with E-state index in [4.69, 9.17) is 0 Å². The van der Waals surface area contributed by atoms with E-state index in [1.165, 1.54) is 0 Å². The molecule has 0 aliphatic heterocycles. The fourth-order valence-electron chi connectivity index (χ4n) is 1.29. The molecule has 0 N–H and O–H groups in total. The SMILES string of the molecule is CC(C)CCCC(=O)n1cccc1. The highest BCUT2D eigenvalue weighted by Gasteiger charge is 2.03. The fourth-order valence-corrected chi connectivity index (χ4v) is 1.29. The van der Waals surface area contributed by atoms with Gasteiger partial charge in [-0.15, -0.1) is 0 Å². The molecular formula is C11H17NO. The van der Waals surface area contributed by atoms with Gasteiger partial charge >= 0.3 is 0 Å². The van der Waals surface area contributed by atoms with Crippen LogP contribution in [0.4, 0.5) is 0 Å². The quantitative estimate of drug-likeness (QED) is 0.696. The first-order valence-electron chi connectivity index (χ1n) is 4.86. The van der Waals surface area contributed by atoms with Crippen LogP contribution in [0.3, 0.4) is 0 Å². The van der Waals surface area contributed by atoms with Crippen molar-refractivity contribution in [3.63, 3.8) is 0 Å². The van der Waals surface area contributed by atoms with Crippen LogP contribution in [0.25, 0.3) is 0 Å². The Morgan fingerprint density at radius 2 is 1.92 bits per heavy atom. The van der Waals surface area contributed by atoms with E-state index in [2.05, 4.69) is 13.8 Å². The van der Waals surface area contributed by atoms with Gasteiger partial charge in [0.15, 0.2) is 0 Å². The van der Waals surface area contributed by atoms with Gasteiger partial charge in [0.05, 0.1) is 0 Å². The molecule has 0 bridgehead atoms. The van der Waals surface area contributed by atoms with Gasteiger partial charge < -0.3 is 0 Å². The Kier molecular flexibility index (Phi) is 3.74. The fraction of sp³-hybridized carbons (Fsp3) is 0.545. The Morgan fingerprint density at radius 1 is 1.31 bits per heavy atom. The van der Waals surface area contributed by atoms with Gasteiger partial charge in [-0.2, -0.15) is 0 Å². The zero-order valence-corrected chi connectivity index (χ0v) is 8.36. The minimum Gasteiger partial charge on any atom is -0.295 e. The molecule has 13 heavy (non-hydrogen) atoms. The average molecular weight is 179 g/mol. The summed E-state index contributed by atoms with van der Waals surface area (Å²) in [6.45, 7) is 4.36. The maximum Gasteiger partial charge on any atom is 0.230 e. The van der Waals surface area contributed by atoms with Crippen LogP contribution >= 0.6 is 0 Å². The van der Waals surface area contributed by atoms with Gasteiger partial charge in [-0.1, -0.05) is 20.3 Å². The van der Waals surface area contributed by atoms with Gasteiger partial charge in [-0.05, 0) is 24.5 Å². The molecule has 2 heteroatoms. The highest BCUT2D eigenvalue weighted by atomic mass is 16.1. The molecule has 0 saturated carbocycles. The van der Waals surface area contributed by atoms with E-state index in [9.17, 15) is 4.79 Å². The van der Waals surface area contributed by atoms with E-state index >= 15 is 0 Å². The van der Waals surface area contributed by atoms with E-state index < -0.39 is 0 Å². The van der Waals surface area contributed by atoms with Gasteiger partial charge in [0.2, 0.25) is 5.91 Å². The molecule has 0 aromatic carbocycles. The zero-order chi connectivity index (χ0) is 9.68. The summed E-state index contributed by atoms with van der Waals surface area (Å²) in [6, 6.07) is 3.75. The Labute approximate surface area is 79.6 Å². The molecule has 2 nitrogen and oxygen atoms in total. The molecule has 0 fully saturated rings. The third-order valence-electron chi connectivity index (χ3n) is 2.06. The van der Waals surface area contributed by atoms with E-state index in [0.29, 0.717) is 12.3 Å². The predicted octanol–water partition coefficient (Wildman–Crippen LogP) is 2.95. The molecule has 0 aliphatic rings. The van der Waals surface area contributed by atoms with Crippen LogP contribution in [0.15, 0.2) is 24.5 Å². The summed E-state index contributed by atoms with van der Waals surface area (Å²) in [5.41, 5.74) is 0. The minimum atomic E-state index is 0.200. The average Bonchev–Trinajstić information content (AvgIpc) is 2.55. The monoisotopic (exact) mass is 179 g/mol. The molecular weight excluding hydrogens is 162 g/mol. The van der Waals surface area contributed by atoms with Gasteiger partial charge in [-0.3, -0.25) is 9.36 Å².